The van der Waals surface area contributed by atoms with Crippen LogP contribution in [0.5, 0.6) is 0 Å². The molecule has 0 aliphatic rings. The molecule has 0 saturated carbocycles. The molecule has 1 aromatic rings. The Morgan fingerprint density at radius 3 is 2.15 bits per heavy atom. The van der Waals surface area contributed by atoms with E-state index >= 15 is 0 Å². The van der Waals surface area contributed by atoms with Gasteiger partial charge in [-0.2, -0.15) is 0 Å². The molecule has 0 bridgehead atoms. The molecule has 0 saturated heterocycles. The predicted molar refractivity (Wildman–Crippen MR) is 91.4 cm³/mol. The number of rotatable bonds is 7. The molecule has 0 heterocycles. The van der Waals surface area contributed by atoms with E-state index in [1.165, 1.54) is 18.4 Å². The zero-order valence-electron chi connectivity index (χ0n) is 13.9. The number of benzene rings is 1. The highest BCUT2D eigenvalue weighted by atomic mass is 31.1. The monoisotopic (exact) mass is 292 g/mol. The smallest absolute Gasteiger partial charge is 0.184 e. The second-order valence-corrected chi connectivity index (χ2v) is 8.57. The molecule has 112 valence electrons. The summed E-state index contributed by atoms with van der Waals surface area (Å²) in [5.74, 6) is 0.605. The standard InChI is InChI=1S/C18H29OP/c1-7-8-9-20(12-13(2)3)18(19)17-15(5)10-14(4)11-16(17)6/h10-11,13H,7-9,12H2,1-6H3. The van der Waals surface area contributed by atoms with Crippen molar-refractivity contribution in [3.63, 3.8) is 0 Å². The molecule has 1 rings (SSSR count). The molecule has 0 aliphatic heterocycles. The minimum atomic E-state index is -0.524. The fourth-order valence-corrected chi connectivity index (χ4v) is 5.54. The third-order valence-electron chi connectivity index (χ3n) is 3.55. The van der Waals surface area contributed by atoms with Crippen LogP contribution in [0.4, 0.5) is 0 Å². The summed E-state index contributed by atoms with van der Waals surface area (Å²) in [6.07, 6.45) is 4.51. The third kappa shape index (κ3) is 4.70. The number of hydrogen-bond acceptors (Lipinski definition) is 1. The van der Waals surface area contributed by atoms with Crippen molar-refractivity contribution in [1.29, 1.82) is 0 Å². The van der Waals surface area contributed by atoms with Crippen molar-refractivity contribution in [3.8, 4) is 0 Å². The SMILES string of the molecule is CCCCP(CC(C)C)C(=O)c1c(C)cc(C)cc1C. The Morgan fingerprint density at radius 2 is 1.70 bits per heavy atom. The van der Waals surface area contributed by atoms with Gasteiger partial charge >= 0.3 is 0 Å². The first kappa shape index (κ1) is 17.4. The molecule has 0 aliphatic carbocycles. The van der Waals surface area contributed by atoms with E-state index in [1.807, 2.05) is 0 Å². The van der Waals surface area contributed by atoms with E-state index in [1.54, 1.807) is 0 Å². The van der Waals surface area contributed by atoms with Gasteiger partial charge in [0, 0.05) is 5.56 Å². The van der Waals surface area contributed by atoms with Crippen LogP contribution in [-0.2, 0) is 0 Å². The Morgan fingerprint density at radius 1 is 1.15 bits per heavy atom. The third-order valence-corrected chi connectivity index (χ3v) is 6.37. The topological polar surface area (TPSA) is 17.1 Å². The normalized spacial score (nSPS) is 12.8. The molecule has 0 spiro atoms. The van der Waals surface area contributed by atoms with E-state index in [-0.39, 0.29) is 0 Å². The molecule has 1 unspecified atom stereocenters. The predicted octanol–water partition coefficient (Wildman–Crippen LogP) is 5.69. The molecule has 1 nitrogen and oxygen atoms in total. The van der Waals surface area contributed by atoms with E-state index < -0.39 is 7.92 Å². The number of carbonyl (C=O) groups excluding carboxylic acids is 1. The summed E-state index contributed by atoms with van der Waals surface area (Å²) in [7, 11) is -0.524. The van der Waals surface area contributed by atoms with Crippen LogP contribution in [0.25, 0.3) is 0 Å². The van der Waals surface area contributed by atoms with Crippen LogP contribution in [-0.4, -0.2) is 17.8 Å². The summed E-state index contributed by atoms with van der Waals surface area (Å²) in [6, 6.07) is 4.28. The Hall–Kier alpha value is -0.680. The molecule has 2 heteroatoms. The Balaban J connectivity index is 3.05. The second kappa shape index (κ2) is 7.93. The van der Waals surface area contributed by atoms with Crippen LogP contribution in [0.1, 0.15) is 60.7 Å². The highest BCUT2D eigenvalue weighted by molar-refractivity contribution is 7.75. The van der Waals surface area contributed by atoms with Gasteiger partial charge in [-0.15, -0.1) is 0 Å². The van der Waals surface area contributed by atoms with E-state index in [0.717, 1.165) is 29.0 Å². The first-order valence-electron chi connectivity index (χ1n) is 7.73. The molecule has 1 atom stereocenters. The van der Waals surface area contributed by atoms with Gasteiger partial charge in [-0.3, -0.25) is 4.79 Å². The van der Waals surface area contributed by atoms with Gasteiger partial charge in [-0.25, -0.2) is 0 Å². The summed E-state index contributed by atoms with van der Waals surface area (Å²) in [5.41, 5.74) is 4.98. The quantitative estimate of drug-likeness (QED) is 0.590. The van der Waals surface area contributed by atoms with Gasteiger partial charge in [0.1, 0.15) is 0 Å². The number of carbonyl (C=O) groups is 1. The fraction of sp³-hybridized carbons (Fsp3) is 0.611. The number of aryl methyl sites for hydroxylation is 3. The highest BCUT2D eigenvalue weighted by Gasteiger charge is 2.23. The van der Waals surface area contributed by atoms with Crippen molar-refractivity contribution in [2.45, 2.75) is 54.4 Å². The lowest BCUT2D eigenvalue weighted by Crippen LogP contribution is -2.10. The van der Waals surface area contributed by atoms with Crippen LogP contribution in [0.15, 0.2) is 12.1 Å². The first-order valence-corrected chi connectivity index (χ1v) is 9.45. The zero-order valence-corrected chi connectivity index (χ0v) is 14.8. The Labute approximate surface area is 125 Å². The van der Waals surface area contributed by atoms with Gasteiger partial charge in [-0.1, -0.05) is 44.9 Å². The van der Waals surface area contributed by atoms with E-state index in [9.17, 15) is 4.79 Å². The average Bonchev–Trinajstić information content (AvgIpc) is 2.32. The minimum Gasteiger partial charge on any atom is -0.289 e. The number of hydrogen-bond donors (Lipinski definition) is 0. The van der Waals surface area contributed by atoms with Crippen molar-refractivity contribution in [2.75, 3.05) is 12.3 Å². The Bertz CT molecular complexity index is 439. The molecule has 0 N–H and O–H groups in total. The zero-order chi connectivity index (χ0) is 15.3. The van der Waals surface area contributed by atoms with E-state index in [2.05, 4.69) is 53.7 Å². The summed E-state index contributed by atoms with van der Waals surface area (Å²) in [4.78, 5) is 13.0. The van der Waals surface area contributed by atoms with Crippen LogP contribution in [0, 0.1) is 26.7 Å². The maximum atomic E-state index is 13.0. The summed E-state index contributed by atoms with van der Waals surface area (Å²) in [5, 5.41) is 0. The Kier molecular flexibility index (Phi) is 6.89. The molecular formula is C18H29OP. The highest BCUT2D eigenvalue weighted by Crippen LogP contribution is 2.43. The molecule has 0 radical (unpaired) electrons. The van der Waals surface area contributed by atoms with Crippen molar-refractivity contribution < 1.29 is 4.79 Å². The van der Waals surface area contributed by atoms with Gasteiger partial charge < -0.3 is 0 Å². The molecule has 0 aromatic heterocycles. The van der Waals surface area contributed by atoms with Crippen LogP contribution < -0.4 is 0 Å². The molecule has 0 fully saturated rings. The molecule has 20 heavy (non-hydrogen) atoms. The average molecular weight is 292 g/mol. The van der Waals surface area contributed by atoms with Crippen molar-refractivity contribution in [3.05, 3.63) is 34.4 Å². The second-order valence-electron chi connectivity index (χ2n) is 6.27. The summed E-state index contributed by atoms with van der Waals surface area (Å²) >= 11 is 0. The van der Waals surface area contributed by atoms with Crippen molar-refractivity contribution in [1.82, 2.24) is 0 Å². The largest absolute Gasteiger partial charge is 0.289 e. The lowest BCUT2D eigenvalue weighted by molar-refractivity contribution is 0.108. The maximum absolute atomic E-state index is 13.0. The minimum absolute atomic E-state index is 0.428. The van der Waals surface area contributed by atoms with Gasteiger partial charge in [0.05, 0.1) is 0 Å². The van der Waals surface area contributed by atoms with Crippen molar-refractivity contribution >= 4 is 13.4 Å². The van der Waals surface area contributed by atoms with E-state index in [0.29, 0.717) is 11.4 Å². The van der Waals surface area contributed by atoms with Crippen LogP contribution in [0.3, 0.4) is 0 Å². The fourth-order valence-electron chi connectivity index (χ4n) is 2.74. The van der Waals surface area contributed by atoms with Crippen molar-refractivity contribution in [2.24, 2.45) is 5.92 Å². The molecular weight excluding hydrogens is 263 g/mol. The molecule has 0 amide bonds. The van der Waals surface area contributed by atoms with Gasteiger partial charge in [-0.05, 0) is 64.5 Å². The maximum Gasteiger partial charge on any atom is 0.184 e. The van der Waals surface area contributed by atoms with Crippen LogP contribution in [0.2, 0.25) is 0 Å². The number of unbranched alkanes of at least 4 members (excludes halogenated alkanes) is 1. The molecule has 1 aromatic carbocycles. The van der Waals surface area contributed by atoms with Gasteiger partial charge in [0.25, 0.3) is 0 Å². The summed E-state index contributed by atoms with van der Waals surface area (Å²) < 4.78 is 0. The van der Waals surface area contributed by atoms with Crippen LogP contribution >= 0.6 is 7.92 Å². The first-order chi connectivity index (χ1) is 9.36. The van der Waals surface area contributed by atoms with Gasteiger partial charge in [0.2, 0.25) is 0 Å². The lowest BCUT2D eigenvalue weighted by atomic mass is 10.0. The van der Waals surface area contributed by atoms with E-state index in [4.69, 9.17) is 0 Å². The summed E-state index contributed by atoms with van der Waals surface area (Å²) in [6.45, 7) is 12.9. The lowest BCUT2D eigenvalue weighted by Gasteiger charge is -2.21. The van der Waals surface area contributed by atoms with Gasteiger partial charge in [0.15, 0.2) is 5.52 Å².